The summed E-state index contributed by atoms with van der Waals surface area (Å²) >= 11 is 9.41. The second-order valence-electron chi connectivity index (χ2n) is 12.8. The Kier molecular flexibility index (Phi) is 8.88. The van der Waals surface area contributed by atoms with E-state index < -0.39 is 5.60 Å². The van der Waals surface area contributed by atoms with Gasteiger partial charge >= 0.3 is 6.09 Å². The first-order chi connectivity index (χ1) is 19.4. The van der Waals surface area contributed by atoms with Crippen LogP contribution in [0.5, 0.6) is 0 Å². The van der Waals surface area contributed by atoms with E-state index in [0.29, 0.717) is 17.4 Å². The van der Waals surface area contributed by atoms with Crippen LogP contribution in [0.1, 0.15) is 69.8 Å². The largest absolute Gasteiger partial charge is 0.444 e. The van der Waals surface area contributed by atoms with Gasteiger partial charge in [0.15, 0.2) is 5.82 Å². The number of aryl methyl sites for hydroxylation is 1. The minimum Gasteiger partial charge on any atom is -0.444 e. The van der Waals surface area contributed by atoms with E-state index in [4.69, 9.17) is 26.8 Å². The Morgan fingerprint density at radius 2 is 2.05 bits per heavy atom. The molecule has 3 N–H and O–H groups in total. The van der Waals surface area contributed by atoms with Crippen LogP contribution >= 0.6 is 40.0 Å². The zero-order chi connectivity index (χ0) is 29.7. The molecule has 1 aromatic carbocycles. The molecule has 224 valence electrons. The Bertz CT molecular complexity index is 1330. The van der Waals surface area contributed by atoms with Crippen LogP contribution in [-0.2, 0) is 4.74 Å². The maximum atomic E-state index is 12.5. The molecule has 2 aliphatic heterocycles. The third-order valence-electron chi connectivity index (χ3n) is 8.67. The summed E-state index contributed by atoms with van der Waals surface area (Å²) in [7, 11) is 0. The molecule has 0 radical (unpaired) electrons. The predicted octanol–water partition coefficient (Wildman–Crippen LogP) is 6.93. The molecule has 3 fully saturated rings. The van der Waals surface area contributed by atoms with Crippen molar-refractivity contribution in [3.05, 3.63) is 27.9 Å². The summed E-state index contributed by atoms with van der Waals surface area (Å²) in [6.45, 7) is 16.3. The normalized spacial score (nSPS) is 20.8. The first-order valence-electron chi connectivity index (χ1n) is 14.4. The molecular formula is C29H42ClIN7O2P. The van der Waals surface area contributed by atoms with Crippen molar-refractivity contribution < 1.29 is 9.53 Å². The molecule has 1 amide bonds. The number of nitrogens with one attached hydrogen (secondary N) is 3. The van der Waals surface area contributed by atoms with Crippen LogP contribution in [0.25, 0.3) is 11.1 Å². The summed E-state index contributed by atoms with van der Waals surface area (Å²) in [5.74, 6) is 0.958. The average molecular weight is 714 g/mol. The van der Waals surface area contributed by atoms with Crippen molar-refractivity contribution in [2.75, 3.05) is 42.7 Å². The minimum absolute atomic E-state index is 0.140. The number of amides is 1. The number of halogens is 2. The van der Waals surface area contributed by atoms with E-state index in [9.17, 15) is 4.79 Å². The number of piperazine rings is 1. The lowest BCUT2D eigenvalue weighted by atomic mass is 9.61. The molecule has 2 aromatic rings. The maximum absolute atomic E-state index is 12.5. The number of carbonyl (C=O) groups is 1. The van der Waals surface area contributed by atoms with Gasteiger partial charge in [-0.05, 0) is 87.6 Å². The second kappa shape index (κ2) is 11.8. The first-order valence-corrected chi connectivity index (χ1v) is 18.9. The van der Waals surface area contributed by atoms with Crippen molar-refractivity contribution in [1.82, 2.24) is 20.0 Å². The van der Waals surface area contributed by atoms with Crippen molar-refractivity contribution in [1.29, 1.82) is 5.41 Å². The van der Waals surface area contributed by atoms with Crippen LogP contribution in [0.15, 0.2) is 6.07 Å². The maximum Gasteiger partial charge on any atom is 0.410 e. The Morgan fingerprint density at radius 1 is 1.34 bits per heavy atom. The molecule has 1 saturated carbocycles. The van der Waals surface area contributed by atoms with Gasteiger partial charge in [0.1, 0.15) is 5.60 Å². The van der Waals surface area contributed by atoms with Crippen molar-refractivity contribution in [3.63, 3.8) is 0 Å². The zero-order valence-electron chi connectivity index (χ0n) is 24.8. The summed E-state index contributed by atoms with van der Waals surface area (Å²) < 4.78 is 7.79. The van der Waals surface area contributed by atoms with Crippen molar-refractivity contribution in [2.45, 2.75) is 78.5 Å². The molecule has 0 bridgehead atoms. The number of aromatic nitrogens is 2. The van der Waals surface area contributed by atoms with Gasteiger partial charge in [-0.1, -0.05) is 18.5 Å². The van der Waals surface area contributed by atoms with Gasteiger partial charge in [0, 0.05) is 84.8 Å². The first kappa shape index (κ1) is 30.8. The third kappa shape index (κ3) is 5.83. The highest BCUT2D eigenvalue weighted by Gasteiger charge is 2.55. The summed E-state index contributed by atoms with van der Waals surface area (Å²) in [5, 5.41) is 21.4. The van der Waals surface area contributed by atoms with E-state index in [1.807, 2.05) is 38.7 Å². The SMILES string of the molecule is CCC1CNCCN1c1nn(C2CC3(C2)CN(C(=O)OC(C)(C)C)C3)c(C)c1-c1c(Cl)c(C)cc(NPI)c1C=N. The van der Waals surface area contributed by atoms with E-state index in [1.165, 1.54) is 6.21 Å². The molecule has 2 unspecified atom stereocenters. The number of benzene rings is 1. The predicted molar refractivity (Wildman–Crippen MR) is 179 cm³/mol. The van der Waals surface area contributed by atoms with Gasteiger partial charge in [-0.2, -0.15) is 5.10 Å². The molecule has 12 heteroatoms. The number of anilines is 2. The van der Waals surface area contributed by atoms with E-state index in [1.54, 1.807) is 0 Å². The van der Waals surface area contributed by atoms with Gasteiger partial charge in [-0.15, -0.1) is 0 Å². The number of hydrogen-bond donors (Lipinski definition) is 3. The minimum atomic E-state index is -0.486. The molecule has 3 aliphatic rings. The van der Waals surface area contributed by atoms with Gasteiger partial charge in [-0.3, -0.25) is 4.68 Å². The van der Waals surface area contributed by atoms with Crippen molar-refractivity contribution in [3.8, 4) is 11.1 Å². The van der Waals surface area contributed by atoms with E-state index >= 15 is 0 Å². The number of carbonyl (C=O) groups excluding carboxylic acids is 1. The third-order valence-corrected chi connectivity index (χ3v) is 10.3. The molecule has 9 nitrogen and oxygen atoms in total. The van der Waals surface area contributed by atoms with Gasteiger partial charge in [0.2, 0.25) is 0 Å². The highest BCUT2D eigenvalue weighted by atomic mass is 127. The molecule has 1 aromatic heterocycles. The van der Waals surface area contributed by atoms with Crippen LogP contribution in [0.4, 0.5) is 16.3 Å². The number of likely N-dealkylation sites (tertiary alicyclic amines) is 1. The molecule has 2 saturated heterocycles. The van der Waals surface area contributed by atoms with Gasteiger partial charge < -0.3 is 30.4 Å². The lowest BCUT2D eigenvalue weighted by Crippen LogP contribution is -2.64. The molecule has 5 rings (SSSR count). The lowest BCUT2D eigenvalue weighted by molar-refractivity contribution is -0.0930. The second-order valence-corrected chi connectivity index (χ2v) is 15.2. The number of ether oxygens (including phenoxy) is 1. The van der Waals surface area contributed by atoms with Crippen molar-refractivity contribution in [2.24, 2.45) is 5.41 Å². The van der Waals surface area contributed by atoms with E-state index in [-0.39, 0.29) is 17.6 Å². The molecule has 41 heavy (non-hydrogen) atoms. The smallest absolute Gasteiger partial charge is 0.410 e. The fourth-order valence-electron chi connectivity index (χ4n) is 6.70. The number of nitrogens with zero attached hydrogens (tertiary/aromatic N) is 4. The molecule has 3 heterocycles. The Labute approximate surface area is 263 Å². The van der Waals surface area contributed by atoms with Crippen molar-refractivity contribution >= 4 is 63.8 Å². The number of hydrogen-bond acceptors (Lipinski definition) is 7. The number of rotatable bonds is 7. The molecular weight excluding hydrogens is 672 g/mol. The standard InChI is InChI=1S/C29H42ClIN7O2P/c1-7-19-14-33-8-9-37(19)26-23(24-21(13-32)22(35-41-31)10-17(2)25(24)30)18(3)38(34-26)20-11-29(12-20)15-36(16-29)27(39)40-28(4,5)6/h10,13,19-20,32-33,35,41H,7-9,11-12,14-16H2,1-6H3. The monoisotopic (exact) mass is 713 g/mol. The molecule has 1 aliphatic carbocycles. The fourth-order valence-corrected chi connectivity index (χ4v) is 8.13. The van der Waals surface area contributed by atoms with Crippen LogP contribution < -0.4 is 15.3 Å². The van der Waals surface area contributed by atoms with E-state index in [2.05, 4.69) is 55.9 Å². The summed E-state index contributed by atoms with van der Waals surface area (Å²) in [5.41, 5.74) is 5.36. The van der Waals surface area contributed by atoms with Crippen LogP contribution in [0.3, 0.4) is 0 Å². The Morgan fingerprint density at radius 3 is 2.66 bits per heavy atom. The van der Waals surface area contributed by atoms with Crippen LogP contribution in [0, 0.1) is 24.7 Å². The zero-order valence-corrected chi connectivity index (χ0v) is 28.7. The average Bonchev–Trinajstić information content (AvgIpc) is 3.19. The van der Waals surface area contributed by atoms with Crippen LogP contribution in [-0.4, -0.2) is 71.4 Å². The summed E-state index contributed by atoms with van der Waals surface area (Å²) in [6.07, 6.45) is 4.65. The fraction of sp³-hybridized carbons (Fsp3) is 0.621. The van der Waals surface area contributed by atoms with E-state index in [0.717, 1.165) is 91.4 Å². The van der Waals surface area contributed by atoms with Gasteiger partial charge in [0.05, 0.1) is 11.1 Å². The topological polar surface area (TPSA) is 98.5 Å². The Hall–Kier alpha value is -1.62. The highest BCUT2D eigenvalue weighted by Crippen LogP contribution is 2.56. The lowest BCUT2D eigenvalue weighted by Gasteiger charge is -2.58. The molecule has 1 spiro atoms. The summed E-state index contributed by atoms with van der Waals surface area (Å²) in [6, 6.07) is 2.62. The quantitative estimate of drug-likeness (QED) is 0.164. The van der Waals surface area contributed by atoms with Gasteiger partial charge in [0.25, 0.3) is 0 Å². The van der Waals surface area contributed by atoms with Gasteiger partial charge in [-0.25, -0.2) is 4.79 Å². The molecule has 2 atom stereocenters. The van der Waals surface area contributed by atoms with Crippen LogP contribution in [0.2, 0.25) is 5.02 Å². The highest BCUT2D eigenvalue weighted by molar-refractivity contribution is 14.2. The summed E-state index contributed by atoms with van der Waals surface area (Å²) in [4.78, 5) is 16.8. The Balaban J connectivity index is 1.51.